The number of carboxylic acids is 1. The summed E-state index contributed by atoms with van der Waals surface area (Å²) in [6, 6.07) is 17.5. The number of carboxylic acid groups (broad SMARTS) is 1. The van der Waals surface area contributed by atoms with Gasteiger partial charge in [-0.15, -0.1) is 0 Å². The van der Waals surface area contributed by atoms with Gasteiger partial charge in [-0.3, -0.25) is 0 Å². The number of benzene rings is 3. The smallest absolute Gasteiger partial charge is 0.416 e. The first-order chi connectivity index (χ1) is 17.7. The highest BCUT2D eigenvalue weighted by molar-refractivity contribution is 14.1. The molecule has 1 heterocycles. The number of halogens is 4. The molecule has 0 fully saturated rings. The molecule has 0 radical (unpaired) electrons. The van der Waals surface area contributed by atoms with Crippen LogP contribution in [-0.4, -0.2) is 23.8 Å². The Bertz CT molecular complexity index is 1410. The minimum atomic E-state index is -4.42. The van der Waals surface area contributed by atoms with Gasteiger partial charge in [0.1, 0.15) is 12.4 Å². The Morgan fingerprint density at radius 2 is 1.62 bits per heavy atom. The van der Waals surface area contributed by atoms with Crippen molar-refractivity contribution in [3.63, 3.8) is 0 Å². The first-order valence-electron chi connectivity index (χ1n) is 11.3. The monoisotopic (exact) mass is 622 g/mol. The Kier molecular flexibility index (Phi) is 8.11. The molecule has 3 aromatic carbocycles. The molecule has 0 aliphatic heterocycles. The van der Waals surface area contributed by atoms with Gasteiger partial charge in [0.25, 0.3) is 0 Å². The van der Waals surface area contributed by atoms with Crippen LogP contribution < -0.4 is 9.47 Å². The predicted molar refractivity (Wildman–Crippen MR) is 142 cm³/mol. The summed E-state index contributed by atoms with van der Waals surface area (Å²) in [7, 11) is 0. The zero-order valence-corrected chi connectivity index (χ0v) is 21.7. The van der Waals surface area contributed by atoms with E-state index < -0.39 is 23.8 Å². The fraction of sp³-hybridized carbons (Fsp3) is 0.179. The lowest BCUT2D eigenvalue weighted by Crippen LogP contribution is -2.25. The molecule has 0 amide bonds. The summed E-state index contributed by atoms with van der Waals surface area (Å²) in [5.41, 5.74) is 1.84. The summed E-state index contributed by atoms with van der Waals surface area (Å²) in [5, 5.41) is 9.87. The molecule has 1 atom stereocenters. The zero-order valence-electron chi connectivity index (χ0n) is 19.6. The van der Waals surface area contributed by atoms with E-state index in [1.807, 2.05) is 24.3 Å². The molecule has 0 bridgehead atoms. The topological polar surface area (TPSA) is 68.9 Å². The number of aliphatic carboxylic acids is 1. The van der Waals surface area contributed by atoms with E-state index in [-0.39, 0.29) is 6.61 Å². The highest BCUT2D eigenvalue weighted by Crippen LogP contribution is 2.35. The van der Waals surface area contributed by atoms with Gasteiger partial charge >= 0.3 is 12.1 Å². The van der Waals surface area contributed by atoms with Crippen LogP contribution >= 0.6 is 22.6 Å². The molecule has 4 rings (SSSR count). The Labute approximate surface area is 224 Å². The maximum absolute atomic E-state index is 13.1. The quantitative estimate of drug-likeness (QED) is 0.193. The van der Waals surface area contributed by atoms with E-state index in [1.54, 1.807) is 31.2 Å². The summed E-state index contributed by atoms with van der Waals surface area (Å²) < 4.78 is 57.4. The maximum Gasteiger partial charge on any atom is 0.416 e. The standard InChI is InChI=1S/C28H22F3IO5/c1-2-23(27(33)34)37-24-11-12-25(26-22(24)14-16-36-26)35-15-13-21(18-5-9-20(32)10-6-18)17-3-7-19(8-4-17)28(29,30)31/h3-14,16,23H,2,15H2,1H3,(H,33,34)/b21-13-. The molecule has 1 aromatic heterocycles. The van der Waals surface area contributed by atoms with Gasteiger partial charge in [-0.05, 0) is 94.3 Å². The Balaban J connectivity index is 1.61. The van der Waals surface area contributed by atoms with E-state index in [4.69, 9.17) is 13.9 Å². The van der Waals surface area contributed by atoms with Crippen LogP contribution in [-0.2, 0) is 11.0 Å². The fourth-order valence-corrected chi connectivity index (χ4v) is 4.13. The summed E-state index contributed by atoms with van der Waals surface area (Å²) in [5.74, 6) is -0.275. The average molecular weight is 622 g/mol. The van der Waals surface area contributed by atoms with E-state index in [0.717, 1.165) is 21.3 Å². The minimum absolute atomic E-state index is 0.102. The number of hydrogen-bond acceptors (Lipinski definition) is 4. The zero-order chi connectivity index (χ0) is 26.6. The van der Waals surface area contributed by atoms with Crippen LogP contribution in [0.15, 0.2) is 83.5 Å². The van der Waals surface area contributed by atoms with Crippen LogP contribution in [0.4, 0.5) is 13.2 Å². The molecule has 4 aromatic rings. The lowest BCUT2D eigenvalue weighted by Gasteiger charge is -2.15. The third-order valence-electron chi connectivity index (χ3n) is 5.66. The Hall–Kier alpha value is -3.47. The summed E-state index contributed by atoms with van der Waals surface area (Å²) in [6.45, 7) is 1.82. The van der Waals surface area contributed by atoms with Gasteiger partial charge in [0.05, 0.1) is 17.2 Å². The molecular formula is C28H22F3IO5. The van der Waals surface area contributed by atoms with E-state index in [9.17, 15) is 23.1 Å². The highest BCUT2D eigenvalue weighted by atomic mass is 127. The predicted octanol–water partition coefficient (Wildman–Crippen LogP) is 7.81. The molecule has 0 aliphatic carbocycles. The second-order valence-electron chi connectivity index (χ2n) is 8.09. The maximum atomic E-state index is 13.1. The van der Waals surface area contributed by atoms with Gasteiger partial charge in [0.15, 0.2) is 17.4 Å². The van der Waals surface area contributed by atoms with E-state index in [2.05, 4.69) is 22.6 Å². The van der Waals surface area contributed by atoms with Crippen molar-refractivity contribution in [2.45, 2.75) is 25.6 Å². The van der Waals surface area contributed by atoms with Crippen molar-refractivity contribution in [3.05, 3.63) is 99.3 Å². The first-order valence-corrected chi connectivity index (χ1v) is 12.4. The fourth-order valence-electron chi connectivity index (χ4n) is 3.77. The van der Waals surface area contributed by atoms with Crippen LogP contribution in [0.2, 0.25) is 0 Å². The Morgan fingerprint density at radius 1 is 1.00 bits per heavy atom. The molecule has 0 saturated carbocycles. The van der Waals surface area contributed by atoms with Gasteiger partial charge in [-0.1, -0.05) is 31.2 Å². The average Bonchev–Trinajstić information content (AvgIpc) is 3.37. The molecule has 0 saturated heterocycles. The normalized spacial score (nSPS) is 12.9. The third-order valence-corrected chi connectivity index (χ3v) is 6.38. The third kappa shape index (κ3) is 6.27. The molecule has 37 heavy (non-hydrogen) atoms. The van der Waals surface area contributed by atoms with Crippen LogP contribution in [0.3, 0.4) is 0 Å². The van der Waals surface area contributed by atoms with Crippen LogP contribution in [0.1, 0.15) is 30.0 Å². The molecule has 5 nitrogen and oxygen atoms in total. The Morgan fingerprint density at radius 3 is 2.22 bits per heavy atom. The van der Waals surface area contributed by atoms with Crippen LogP contribution in [0, 0.1) is 3.57 Å². The molecule has 0 spiro atoms. The van der Waals surface area contributed by atoms with Crippen molar-refractivity contribution in [2.24, 2.45) is 0 Å². The summed E-state index contributed by atoms with van der Waals surface area (Å²) in [6.07, 6.45) is -1.86. The van der Waals surface area contributed by atoms with Crippen molar-refractivity contribution in [1.82, 2.24) is 0 Å². The second kappa shape index (κ2) is 11.3. The second-order valence-corrected chi connectivity index (χ2v) is 9.33. The van der Waals surface area contributed by atoms with Gasteiger partial charge in [-0.2, -0.15) is 13.2 Å². The van der Waals surface area contributed by atoms with E-state index in [1.165, 1.54) is 18.4 Å². The van der Waals surface area contributed by atoms with E-state index >= 15 is 0 Å². The molecule has 9 heteroatoms. The van der Waals surface area contributed by atoms with Gasteiger partial charge in [0, 0.05) is 3.57 Å². The van der Waals surface area contributed by atoms with Crippen molar-refractivity contribution in [2.75, 3.05) is 6.61 Å². The van der Waals surface area contributed by atoms with Crippen LogP contribution in [0.25, 0.3) is 16.5 Å². The van der Waals surface area contributed by atoms with Crippen LogP contribution in [0.5, 0.6) is 11.5 Å². The van der Waals surface area contributed by atoms with Gasteiger partial charge < -0.3 is 19.0 Å². The largest absolute Gasteiger partial charge is 0.486 e. The van der Waals surface area contributed by atoms with Gasteiger partial charge in [0.2, 0.25) is 0 Å². The SMILES string of the molecule is CCC(Oc1ccc(OC/C=C(\c2ccc(I)cc2)c2ccc(C(F)(F)F)cc2)c2occc12)C(=O)O. The molecule has 1 N–H and O–H groups in total. The molecule has 1 unspecified atom stereocenters. The molecule has 0 aliphatic rings. The summed E-state index contributed by atoms with van der Waals surface area (Å²) in [4.78, 5) is 11.4. The van der Waals surface area contributed by atoms with Gasteiger partial charge in [-0.25, -0.2) is 4.79 Å². The number of furan rings is 1. The lowest BCUT2D eigenvalue weighted by atomic mass is 9.96. The number of fused-ring (bicyclic) bond motifs is 1. The highest BCUT2D eigenvalue weighted by Gasteiger charge is 2.30. The number of alkyl halides is 3. The van der Waals surface area contributed by atoms with Crippen molar-refractivity contribution < 1.29 is 37.0 Å². The van der Waals surface area contributed by atoms with Crippen molar-refractivity contribution in [3.8, 4) is 11.5 Å². The number of carbonyl (C=O) groups is 1. The molecule has 192 valence electrons. The number of hydrogen-bond donors (Lipinski definition) is 1. The van der Waals surface area contributed by atoms with E-state index in [0.29, 0.717) is 40.0 Å². The number of rotatable bonds is 9. The minimum Gasteiger partial charge on any atom is -0.486 e. The number of ether oxygens (including phenoxy) is 2. The van der Waals surface area contributed by atoms with Crippen molar-refractivity contribution in [1.29, 1.82) is 0 Å². The van der Waals surface area contributed by atoms with Crippen molar-refractivity contribution >= 4 is 45.1 Å². The lowest BCUT2D eigenvalue weighted by molar-refractivity contribution is -0.145. The first kappa shape index (κ1) is 26.6. The molecular weight excluding hydrogens is 600 g/mol. The summed E-state index contributed by atoms with van der Waals surface area (Å²) >= 11 is 2.18.